The number of aromatic nitrogens is 4. The van der Waals surface area contributed by atoms with Crippen LogP contribution >= 0.6 is 0 Å². The number of hydrogen-bond donors (Lipinski definition) is 1. The second-order valence-corrected chi connectivity index (χ2v) is 10.3. The molecule has 1 aliphatic heterocycles. The van der Waals surface area contributed by atoms with Crippen molar-refractivity contribution in [2.45, 2.75) is 32.1 Å². The van der Waals surface area contributed by atoms with Gasteiger partial charge in [-0.2, -0.15) is 9.78 Å². The first-order chi connectivity index (χ1) is 16.7. The van der Waals surface area contributed by atoms with Gasteiger partial charge in [-0.05, 0) is 63.1 Å². The molecule has 0 radical (unpaired) electrons. The Kier molecular flexibility index (Phi) is 5.60. The quantitative estimate of drug-likeness (QED) is 0.460. The number of sulfonamides is 1. The van der Waals surface area contributed by atoms with E-state index in [1.165, 1.54) is 21.1 Å². The number of para-hydroxylation sites is 1. The summed E-state index contributed by atoms with van der Waals surface area (Å²) in [7, 11) is -3.82. The standard InChI is InChI=1S/C25H24N6O3S/c1-16-13-17(2)27-25(26-16)31-23(14-18(3)29-31)28-24(32)20-8-6-9-21(15-20)35(33,34)30-12-11-19-7-4-5-10-22(19)30/h4-10,13-15H,11-12H2,1-3H3,(H,28,32). The van der Waals surface area contributed by atoms with Crippen molar-refractivity contribution < 1.29 is 13.2 Å². The normalized spacial score (nSPS) is 13.1. The molecule has 0 atom stereocenters. The molecule has 0 unspecified atom stereocenters. The SMILES string of the molecule is Cc1cc(C)nc(-n2nc(C)cc2NC(=O)c2cccc(S(=O)(=O)N3CCc4ccccc43)c2)n1. The number of fused-ring (bicyclic) bond motifs is 1. The predicted octanol–water partition coefficient (Wildman–Crippen LogP) is 3.59. The highest BCUT2D eigenvalue weighted by Gasteiger charge is 2.31. The summed E-state index contributed by atoms with van der Waals surface area (Å²) in [5.74, 6) is 0.267. The van der Waals surface area contributed by atoms with E-state index in [1.54, 1.807) is 31.2 Å². The Bertz CT molecular complexity index is 1540. The van der Waals surface area contributed by atoms with Gasteiger partial charge in [0.1, 0.15) is 5.82 Å². The monoisotopic (exact) mass is 488 g/mol. The summed E-state index contributed by atoms with van der Waals surface area (Å²) in [4.78, 5) is 22.0. The Morgan fingerprint density at radius 2 is 1.66 bits per heavy atom. The zero-order chi connectivity index (χ0) is 24.7. The van der Waals surface area contributed by atoms with Crippen molar-refractivity contribution in [2.75, 3.05) is 16.2 Å². The lowest BCUT2D eigenvalue weighted by atomic mass is 10.2. The molecule has 3 heterocycles. The molecule has 0 saturated carbocycles. The fourth-order valence-electron chi connectivity index (χ4n) is 4.21. The van der Waals surface area contributed by atoms with E-state index in [2.05, 4.69) is 20.4 Å². The largest absolute Gasteiger partial charge is 0.306 e. The summed E-state index contributed by atoms with van der Waals surface area (Å²) in [5, 5.41) is 7.24. The van der Waals surface area contributed by atoms with Gasteiger partial charge < -0.3 is 5.32 Å². The van der Waals surface area contributed by atoms with Crippen LogP contribution in [-0.2, 0) is 16.4 Å². The zero-order valence-corrected chi connectivity index (χ0v) is 20.4. The third-order valence-electron chi connectivity index (χ3n) is 5.76. The van der Waals surface area contributed by atoms with Crippen molar-refractivity contribution in [3.8, 4) is 5.95 Å². The van der Waals surface area contributed by atoms with Crippen LogP contribution in [0.1, 0.15) is 33.0 Å². The minimum Gasteiger partial charge on any atom is -0.306 e. The molecule has 10 heteroatoms. The van der Waals surface area contributed by atoms with Crippen LogP contribution in [0.3, 0.4) is 0 Å². The molecule has 9 nitrogen and oxygen atoms in total. The number of carbonyl (C=O) groups excluding carboxylic acids is 1. The summed E-state index contributed by atoms with van der Waals surface area (Å²) in [5.41, 5.74) is 4.11. The zero-order valence-electron chi connectivity index (χ0n) is 19.6. The van der Waals surface area contributed by atoms with Crippen molar-refractivity contribution in [3.05, 3.63) is 88.9 Å². The van der Waals surface area contributed by atoms with Gasteiger partial charge in [-0.3, -0.25) is 9.10 Å². The molecule has 0 saturated heterocycles. The summed E-state index contributed by atoms with van der Waals surface area (Å²) in [6, 6.07) is 17.1. The Hall–Kier alpha value is -4.05. The second-order valence-electron chi connectivity index (χ2n) is 8.47. The van der Waals surface area contributed by atoms with E-state index in [1.807, 2.05) is 38.1 Å². The molecule has 0 spiro atoms. The minimum atomic E-state index is -3.82. The van der Waals surface area contributed by atoms with Crippen LogP contribution in [0.15, 0.2) is 65.6 Å². The molecule has 1 amide bonds. The Morgan fingerprint density at radius 1 is 0.914 bits per heavy atom. The number of hydrogen-bond acceptors (Lipinski definition) is 6. The van der Waals surface area contributed by atoms with Gasteiger partial charge in [0.2, 0.25) is 0 Å². The summed E-state index contributed by atoms with van der Waals surface area (Å²) >= 11 is 0. The average Bonchev–Trinajstić information content (AvgIpc) is 3.42. The first-order valence-electron chi connectivity index (χ1n) is 11.1. The number of nitrogens with zero attached hydrogens (tertiary/aromatic N) is 5. The Morgan fingerprint density at radius 3 is 2.43 bits per heavy atom. The molecule has 2 aromatic heterocycles. The number of aryl methyl sites for hydroxylation is 3. The van der Waals surface area contributed by atoms with Gasteiger partial charge in [-0.15, -0.1) is 0 Å². The molecule has 4 aromatic rings. The van der Waals surface area contributed by atoms with Crippen LogP contribution in [0.25, 0.3) is 5.95 Å². The summed E-state index contributed by atoms with van der Waals surface area (Å²) in [6.45, 7) is 5.89. The summed E-state index contributed by atoms with van der Waals surface area (Å²) < 4.78 is 29.7. The number of rotatable bonds is 5. The van der Waals surface area contributed by atoms with Crippen LogP contribution in [0.4, 0.5) is 11.5 Å². The highest BCUT2D eigenvalue weighted by atomic mass is 32.2. The van der Waals surface area contributed by atoms with Crippen molar-refractivity contribution in [1.29, 1.82) is 0 Å². The average molecular weight is 489 g/mol. The molecule has 178 valence electrons. The highest BCUT2D eigenvalue weighted by molar-refractivity contribution is 7.92. The van der Waals surface area contributed by atoms with E-state index in [0.29, 0.717) is 36.1 Å². The van der Waals surface area contributed by atoms with Crippen LogP contribution in [0, 0.1) is 20.8 Å². The Labute approximate surface area is 203 Å². The second kappa shape index (κ2) is 8.62. The van der Waals surface area contributed by atoms with Gasteiger partial charge in [0.25, 0.3) is 21.9 Å². The molecule has 5 rings (SSSR count). The topological polar surface area (TPSA) is 110 Å². The molecule has 0 bridgehead atoms. The van der Waals surface area contributed by atoms with Gasteiger partial charge in [-0.25, -0.2) is 18.4 Å². The summed E-state index contributed by atoms with van der Waals surface area (Å²) in [6.07, 6.45) is 0.652. The van der Waals surface area contributed by atoms with Crippen LogP contribution in [0.2, 0.25) is 0 Å². The van der Waals surface area contributed by atoms with E-state index >= 15 is 0 Å². The molecule has 0 aliphatic carbocycles. The number of amides is 1. The number of carbonyl (C=O) groups is 1. The van der Waals surface area contributed by atoms with E-state index in [9.17, 15) is 13.2 Å². The molecule has 2 aromatic carbocycles. The van der Waals surface area contributed by atoms with Crippen molar-refractivity contribution in [2.24, 2.45) is 0 Å². The van der Waals surface area contributed by atoms with E-state index < -0.39 is 15.9 Å². The maximum atomic E-state index is 13.4. The van der Waals surface area contributed by atoms with Crippen LogP contribution < -0.4 is 9.62 Å². The molecule has 1 N–H and O–H groups in total. The lowest BCUT2D eigenvalue weighted by Crippen LogP contribution is -2.29. The lowest BCUT2D eigenvalue weighted by molar-refractivity contribution is 0.102. The third kappa shape index (κ3) is 4.28. The first-order valence-corrected chi connectivity index (χ1v) is 12.6. The first kappa shape index (κ1) is 22.7. The third-order valence-corrected chi connectivity index (χ3v) is 7.57. The van der Waals surface area contributed by atoms with E-state index in [4.69, 9.17) is 0 Å². The van der Waals surface area contributed by atoms with Crippen molar-refractivity contribution in [1.82, 2.24) is 19.7 Å². The molecule has 35 heavy (non-hydrogen) atoms. The van der Waals surface area contributed by atoms with Crippen molar-refractivity contribution in [3.63, 3.8) is 0 Å². The molecular formula is C25H24N6O3S. The van der Waals surface area contributed by atoms with Crippen LogP contribution in [-0.4, -0.2) is 40.6 Å². The molecule has 1 aliphatic rings. The molecule has 0 fully saturated rings. The fourth-order valence-corrected chi connectivity index (χ4v) is 5.76. The van der Waals surface area contributed by atoms with E-state index in [-0.39, 0.29) is 10.5 Å². The minimum absolute atomic E-state index is 0.0594. The van der Waals surface area contributed by atoms with Gasteiger partial charge >= 0.3 is 0 Å². The highest BCUT2D eigenvalue weighted by Crippen LogP contribution is 2.32. The van der Waals surface area contributed by atoms with Gasteiger partial charge in [0.05, 0.1) is 16.3 Å². The number of anilines is 2. The Balaban J connectivity index is 1.44. The number of benzene rings is 2. The van der Waals surface area contributed by atoms with Gasteiger partial charge in [-0.1, -0.05) is 24.3 Å². The fraction of sp³-hybridized carbons (Fsp3) is 0.200. The number of nitrogens with one attached hydrogen (secondary N) is 1. The smallest absolute Gasteiger partial charge is 0.264 e. The maximum absolute atomic E-state index is 13.4. The van der Waals surface area contributed by atoms with E-state index in [0.717, 1.165) is 17.0 Å². The van der Waals surface area contributed by atoms with Crippen molar-refractivity contribution >= 4 is 27.4 Å². The lowest BCUT2D eigenvalue weighted by Gasteiger charge is -2.20. The maximum Gasteiger partial charge on any atom is 0.264 e. The molecular weight excluding hydrogens is 464 g/mol. The van der Waals surface area contributed by atoms with Gasteiger partial charge in [0, 0.05) is 29.6 Å². The van der Waals surface area contributed by atoms with Crippen LogP contribution in [0.5, 0.6) is 0 Å². The predicted molar refractivity (Wildman–Crippen MR) is 132 cm³/mol. The van der Waals surface area contributed by atoms with Gasteiger partial charge in [0.15, 0.2) is 0 Å².